The maximum Gasteiger partial charge on any atom is 1.00 e. The number of aliphatic carboxylic acids is 1. The fraction of sp³-hybridized carbons (Fsp3) is 0.786. The fourth-order valence-corrected chi connectivity index (χ4v) is 1.99. The third-order valence-corrected chi connectivity index (χ3v) is 3.20. The molecule has 0 unspecified atom stereocenters. The molecule has 1 aromatic rings. The van der Waals surface area contributed by atoms with Gasteiger partial charge >= 0.3 is 51.4 Å². The van der Waals surface area contributed by atoms with Gasteiger partial charge in [-0.05, 0) is 24.4 Å². The van der Waals surface area contributed by atoms with Crippen molar-refractivity contribution in [1.29, 1.82) is 0 Å². The van der Waals surface area contributed by atoms with E-state index in [1.165, 1.54) is 56.5 Å². The van der Waals surface area contributed by atoms with E-state index in [2.05, 4.69) is 16.5 Å². The zero-order valence-corrected chi connectivity index (χ0v) is 16.8. The zero-order chi connectivity index (χ0) is 14.2. The van der Waals surface area contributed by atoms with Gasteiger partial charge in [0.1, 0.15) is 0 Å². The molecule has 0 fully saturated rings. The second kappa shape index (κ2) is 19.7. The van der Waals surface area contributed by atoms with Crippen molar-refractivity contribution in [3.63, 3.8) is 0 Å². The number of carboxylic acid groups (broad SMARTS) is 1. The van der Waals surface area contributed by atoms with Crippen LogP contribution in [-0.4, -0.2) is 15.6 Å². The van der Waals surface area contributed by atoms with Crippen LogP contribution in [0, 0.1) is 0 Å². The number of aromatic nitrogens is 2. The smallest absolute Gasteiger partial charge is 0.550 e. The molecule has 4 nitrogen and oxygen atoms in total. The van der Waals surface area contributed by atoms with Gasteiger partial charge in [0, 0.05) is 11.3 Å². The normalized spacial score (nSPS) is 9.25. The summed E-state index contributed by atoms with van der Waals surface area (Å²) in [5.74, 6) is -0.909. The van der Waals surface area contributed by atoms with E-state index in [4.69, 9.17) is 0 Å². The van der Waals surface area contributed by atoms with E-state index in [0.717, 1.165) is 12.8 Å². The largest absolute Gasteiger partial charge is 1.00 e. The maximum absolute atomic E-state index is 10.1. The monoisotopic (exact) mass is 324 g/mol. The molecule has 110 valence electrons. The van der Waals surface area contributed by atoms with Crippen LogP contribution in [0.2, 0.25) is 0 Å². The first kappa shape index (κ1) is 22.9. The summed E-state index contributed by atoms with van der Waals surface area (Å²) in [7, 11) is 0. The molecule has 0 radical (unpaired) electrons. The number of hydrogen-bond donors (Lipinski definition) is 0. The molecular formula is C14H25KN2O2S. The van der Waals surface area contributed by atoms with Crippen LogP contribution in [-0.2, 0) is 4.79 Å². The van der Waals surface area contributed by atoms with E-state index in [-0.39, 0.29) is 57.8 Å². The van der Waals surface area contributed by atoms with E-state index < -0.39 is 5.97 Å². The first-order chi connectivity index (χ1) is 9.27. The van der Waals surface area contributed by atoms with E-state index in [1.54, 1.807) is 6.20 Å². The van der Waals surface area contributed by atoms with Crippen LogP contribution in [0.3, 0.4) is 0 Å². The van der Waals surface area contributed by atoms with E-state index in [9.17, 15) is 9.90 Å². The van der Waals surface area contributed by atoms with Gasteiger partial charge in [-0.1, -0.05) is 62.8 Å². The van der Waals surface area contributed by atoms with Crippen molar-refractivity contribution >= 4 is 17.5 Å². The molecule has 0 aliphatic rings. The topological polar surface area (TPSA) is 65.9 Å². The van der Waals surface area contributed by atoms with Crippen LogP contribution in [0.25, 0.3) is 0 Å². The Morgan fingerprint density at radius 2 is 1.60 bits per heavy atom. The summed E-state index contributed by atoms with van der Waals surface area (Å²) >= 11 is 1.35. The first-order valence-electron chi connectivity index (χ1n) is 7.18. The van der Waals surface area contributed by atoms with Gasteiger partial charge in [0.2, 0.25) is 0 Å². The average Bonchev–Trinajstić information content (AvgIpc) is 2.95. The number of carbonyl (C=O) groups is 1. The number of nitrogens with zero attached hydrogens (tertiary/aromatic N) is 2. The minimum atomic E-state index is -0.909. The summed E-state index contributed by atoms with van der Waals surface area (Å²) in [5, 5.41) is 15.4. The van der Waals surface area contributed by atoms with Crippen molar-refractivity contribution in [2.75, 3.05) is 0 Å². The molecule has 20 heavy (non-hydrogen) atoms. The van der Waals surface area contributed by atoms with Crippen LogP contribution < -0.4 is 56.5 Å². The van der Waals surface area contributed by atoms with Gasteiger partial charge in [-0.15, -0.1) is 5.10 Å². The van der Waals surface area contributed by atoms with Crippen molar-refractivity contribution in [1.82, 2.24) is 9.59 Å². The second-order valence-electron chi connectivity index (χ2n) is 4.54. The van der Waals surface area contributed by atoms with Gasteiger partial charge in [-0.2, -0.15) is 0 Å². The summed E-state index contributed by atoms with van der Waals surface area (Å²) < 4.78 is 3.51. The first-order valence-corrected chi connectivity index (χ1v) is 8.02. The van der Waals surface area contributed by atoms with Crippen LogP contribution in [0.1, 0.15) is 71.1 Å². The fourth-order valence-electron chi connectivity index (χ4n) is 1.72. The number of unbranched alkanes of at least 4 members (excludes halogenated alkanes) is 8. The average molecular weight is 325 g/mol. The molecule has 0 saturated carbocycles. The van der Waals surface area contributed by atoms with Crippen LogP contribution in [0.5, 0.6) is 0 Å². The van der Waals surface area contributed by atoms with Gasteiger partial charge < -0.3 is 9.90 Å². The molecule has 0 amide bonds. The van der Waals surface area contributed by atoms with Crippen LogP contribution >= 0.6 is 11.5 Å². The van der Waals surface area contributed by atoms with Gasteiger partial charge in [0.15, 0.2) is 0 Å². The quantitative estimate of drug-likeness (QED) is 0.455. The Bertz CT molecular complexity index is 267. The molecule has 0 N–H and O–H groups in total. The Labute approximate surface area is 169 Å². The second-order valence-corrected chi connectivity index (χ2v) is 5.18. The van der Waals surface area contributed by atoms with Crippen molar-refractivity contribution < 1.29 is 61.3 Å². The summed E-state index contributed by atoms with van der Waals surface area (Å²) in [5.41, 5.74) is 0. The predicted octanol–water partition coefficient (Wildman–Crippen LogP) is 0.199. The molecule has 0 bridgehead atoms. The van der Waals surface area contributed by atoms with Crippen molar-refractivity contribution in [3.8, 4) is 0 Å². The third kappa shape index (κ3) is 21.0. The van der Waals surface area contributed by atoms with Crippen molar-refractivity contribution in [3.05, 3.63) is 11.6 Å². The van der Waals surface area contributed by atoms with E-state index in [1.807, 2.05) is 5.38 Å². The van der Waals surface area contributed by atoms with Gasteiger partial charge in [-0.25, -0.2) is 0 Å². The summed E-state index contributed by atoms with van der Waals surface area (Å²) in [6.07, 6.45) is 12.8. The maximum atomic E-state index is 10.1. The molecule has 1 heterocycles. The predicted molar refractivity (Wildman–Crippen MR) is 76.8 cm³/mol. The van der Waals surface area contributed by atoms with Gasteiger partial charge in [-0.3, -0.25) is 0 Å². The number of rotatable bonds is 10. The van der Waals surface area contributed by atoms with Crippen molar-refractivity contribution in [2.24, 2.45) is 0 Å². The Balaban J connectivity index is 0. The van der Waals surface area contributed by atoms with Gasteiger partial charge in [0.25, 0.3) is 0 Å². The Morgan fingerprint density at radius 1 is 1.05 bits per heavy atom. The Morgan fingerprint density at radius 3 is 1.95 bits per heavy atom. The SMILES string of the molecule is CCCCCCCCCCCC(=O)[O-].[K+].c1csnn1. The minimum absolute atomic E-state index is 0. The molecule has 0 aliphatic carbocycles. The number of carboxylic acids is 1. The molecular weight excluding hydrogens is 299 g/mol. The number of carbonyl (C=O) groups excluding carboxylic acids is 1. The molecule has 0 spiro atoms. The molecule has 0 atom stereocenters. The molecule has 0 aliphatic heterocycles. The van der Waals surface area contributed by atoms with E-state index >= 15 is 0 Å². The molecule has 1 aromatic heterocycles. The molecule has 0 saturated heterocycles. The van der Waals surface area contributed by atoms with Gasteiger partial charge in [0.05, 0.1) is 6.20 Å². The molecule has 6 heteroatoms. The zero-order valence-electron chi connectivity index (χ0n) is 12.8. The number of hydrogen-bond acceptors (Lipinski definition) is 5. The van der Waals surface area contributed by atoms with E-state index in [0.29, 0.717) is 0 Å². The minimum Gasteiger partial charge on any atom is -0.550 e. The molecule has 0 aromatic carbocycles. The van der Waals surface area contributed by atoms with Crippen LogP contribution in [0.4, 0.5) is 0 Å². The standard InChI is InChI=1S/C12H24O2.C2H2N2S.K/c1-2-3-4-5-6-7-8-9-10-11-12(13)14;1-2-5-4-3-1;/h2-11H2,1H3,(H,13,14);1-2H;/q;;+1/p-1. The molecule has 1 rings (SSSR count). The Kier molecular flexibility index (Phi) is 22.6. The summed E-state index contributed by atoms with van der Waals surface area (Å²) in [6, 6.07) is 0. The Hall–Kier alpha value is 0.666. The third-order valence-electron chi connectivity index (χ3n) is 2.77. The van der Waals surface area contributed by atoms with Crippen molar-refractivity contribution in [2.45, 2.75) is 71.1 Å². The summed E-state index contributed by atoms with van der Waals surface area (Å²) in [6.45, 7) is 2.22. The summed E-state index contributed by atoms with van der Waals surface area (Å²) in [4.78, 5) is 10.1. The van der Waals surface area contributed by atoms with Crippen LogP contribution in [0.15, 0.2) is 11.6 Å².